The summed E-state index contributed by atoms with van der Waals surface area (Å²) in [7, 11) is 2.08. The molecular formula is C9H14BrNOS. The van der Waals surface area contributed by atoms with Crippen LogP contribution in [0.2, 0.25) is 0 Å². The number of hydrogen-bond donors (Lipinski definition) is 1. The highest BCUT2D eigenvalue weighted by Gasteiger charge is 2.02. The first-order valence-corrected chi connectivity index (χ1v) is 5.97. The third-order valence-electron chi connectivity index (χ3n) is 1.83. The lowest BCUT2D eigenvalue weighted by atomic mass is 10.3. The zero-order valence-electron chi connectivity index (χ0n) is 7.66. The van der Waals surface area contributed by atoms with Gasteiger partial charge in [0, 0.05) is 30.1 Å². The molecule has 1 N–H and O–H groups in total. The van der Waals surface area contributed by atoms with Crippen LogP contribution in [0.3, 0.4) is 0 Å². The lowest BCUT2D eigenvalue weighted by Crippen LogP contribution is -2.17. The number of unbranched alkanes of at least 4 members (excludes halogenated alkanes) is 1. The van der Waals surface area contributed by atoms with Gasteiger partial charge in [0.2, 0.25) is 0 Å². The van der Waals surface area contributed by atoms with Gasteiger partial charge in [-0.05, 0) is 34.8 Å². The second-order valence-electron chi connectivity index (χ2n) is 2.96. The molecule has 1 heterocycles. The summed E-state index contributed by atoms with van der Waals surface area (Å²) in [5, 5.41) is 12.0. The molecule has 0 spiro atoms. The van der Waals surface area contributed by atoms with E-state index in [1.807, 2.05) is 0 Å². The third-order valence-corrected chi connectivity index (χ3v) is 3.64. The average Bonchev–Trinajstić information content (AvgIpc) is 2.52. The van der Waals surface area contributed by atoms with E-state index in [1.165, 1.54) is 5.00 Å². The summed E-state index contributed by atoms with van der Waals surface area (Å²) < 4.78 is 1.14. The number of hydrogen-bond acceptors (Lipinski definition) is 3. The smallest absolute Gasteiger partial charge is 0.0917 e. The highest BCUT2D eigenvalue weighted by molar-refractivity contribution is 9.10. The monoisotopic (exact) mass is 263 g/mol. The molecule has 0 atom stereocenters. The van der Waals surface area contributed by atoms with Gasteiger partial charge >= 0.3 is 0 Å². The van der Waals surface area contributed by atoms with E-state index < -0.39 is 0 Å². The van der Waals surface area contributed by atoms with Crippen LogP contribution in [-0.4, -0.2) is 25.3 Å². The molecule has 0 aliphatic rings. The maximum absolute atomic E-state index is 8.63. The lowest BCUT2D eigenvalue weighted by molar-refractivity contribution is 0.285. The van der Waals surface area contributed by atoms with Crippen molar-refractivity contribution in [2.45, 2.75) is 12.8 Å². The SMILES string of the molecule is CN(CCCCO)c1cc(Br)cs1. The van der Waals surface area contributed by atoms with E-state index >= 15 is 0 Å². The minimum atomic E-state index is 0.294. The number of thiophene rings is 1. The van der Waals surface area contributed by atoms with Crippen LogP contribution < -0.4 is 4.90 Å². The molecule has 1 aromatic heterocycles. The average molecular weight is 264 g/mol. The summed E-state index contributed by atoms with van der Waals surface area (Å²) in [6.07, 6.45) is 1.93. The fourth-order valence-electron chi connectivity index (χ4n) is 1.07. The molecule has 0 aliphatic carbocycles. The predicted molar refractivity (Wildman–Crippen MR) is 61.6 cm³/mol. The summed E-state index contributed by atoms with van der Waals surface area (Å²) >= 11 is 5.16. The topological polar surface area (TPSA) is 23.5 Å². The number of halogens is 1. The Labute approximate surface area is 91.3 Å². The first-order chi connectivity index (χ1) is 6.24. The minimum Gasteiger partial charge on any atom is -0.396 e. The minimum absolute atomic E-state index is 0.294. The second kappa shape index (κ2) is 5.62. The number of rotatable bonds is 5. The Hall–Kier alpha value is -0.0600. The van der Waals surface area contributed by atoms with E-state index in [-0.39, 0.29) is 0 Å². The number of nitrogens with zero attached hydrogens (tertiary/aromatic N) is 1. The molecule has 0 fully saturated rings. The van der Waals surface area contributed by atoms with Gasteiger partial charge in [-0.3, -0.25) is 0 Å². The molecule has 74 valence electrons. The van der Waals surface area contributed by atoms with Gasteiger partial charge in [0.25, 0.3) is 0 Å². The van der Waals surface area contributed by atoms with Crippen LogP contribution in [0.1, 0.15) is 12.8 Å². The van der Waals surface area contributed by atoms with Crippen LogP contribution in [0.4, 0.5) is 5.00 Å². The van der Waals surface area contributed by atoms with Crippen LogP contribution in [0.25, 0.3) is 0 Å². The number of anilines is 1. The molecule has 0 saturated heterocycles. The highest BCUT2D eigenvalue weighted by atomic mass is 79.9. The van der Waals surface area contributed by atoms with Crippen LogP contribution in [-0.2, 0) is 0 Å². The Morgan fingerprint density at radius 1 is 1.54 bits per heavy atom. The van der Waals surface area contributed by atoms with E-state index in [2.05, 4.69) is 39.3 Å². The molecule has 1 aromatic rings. The van der Waals surface area contributed by atoms with Gasteiger partial charge < -0.3 is 10.0 Å². The molecule has 2 nitrogen and oxygen atoms in total. The van der Waals surface area contributed by atoms with Gasteiger partial charge in [0.1, 0.15) is 0 Å². The van der Waals surface area contributed by atoms with Crippen LogP contribution in [0.5, 0.6) is 0 Å². The van der Waals surface area contributed by atoms with Crippen molar-refractivity contribution < 1.29 is 5.11 Å². The van der Waals surface area contributed by atoms with Gasteiger partial charge in [-0.25, -0.2) is 0 Å². The van der Waals surface area contributed by atoms with Gasteiger partial charge in [-0.15, -0.1) is 11.3 Å². The molecule has 4 heteroatoms. The van der Waals surface area contributed by atoms with Crippen LogP contribution >= 0.6 is 27.3 Å². The molecule has 13 heavy (non-hydrogen) atoms. The van der Waals surface area contributed by atoms with Gasteiger partial charge in [-0.2, -0.15) is 0 Å². The van der Waals surface area contributed by atoms with Crippen molar-refractivity contribution in [2.75, 3.05) is 25.1 Å². The van der Waals surface area contributed by atoms with Crippen molar-refractivity contribution in [2.24, 2.45) is 0 Å². The van der Waals surface area contributed by atoms with E-state index in [0.717, 1.165) is 23.9 Å². The summed E-state index contributed by atoms with van der Waals surface area (Å²) in [5.41, 5.74) is 0. The first-order valence-electron chi connectivity index (χ1n) is 4.30. The van der Waals surface area contributed by atoms with E-state index in [4.69, 9.17) is 5.11 Å². The standard InChI is InChI=1S/C9H14BrNOS/c1-11(4-2-3-5-12)9-6-8(10)7-13-9/h6-7,12H,2-5H2,1H3. The maximum atomic E-state index is 8.63. The third kappa shape index (κ3) is 3.67. The Bertz CT molecular complexity index is 252. The summed E-state index contributed by atoms with van der Waals surface area (Å²) in [4.78, 5) is 2.21. The van der Waals surface area contributed by atoms with Gasteiger partial charge in [-0.1, -0.05) is 0 Å². The zero-order valence-corrected chi connectivity index (χ0v) is 10.1. The zero-order chi connectivity index (χ0) is 9.68. The number of aliphatic hydroxyl groups excluding tert-OH is 1. The molecule has 0 unspecified atom stereocenters. The summed E-state index contributed by atoms with van der Waals surface area (Å²) in [6, 6.07) is 2.11. The maximum Gasteiger partial charge on any atom is 0.0917 e. The fraction of sp³-hybridized carbons (Fsp3) is 0.556. The first kappa shape index (κ1) is 11.0. The Kier molecular flexibility index (Phi) is 4.77. The van der Waals surface area contributed by atoms with Crippen LogP contribution in [0, 0.1) is 0 Å². The van der Waals surface area contributed by atoms with Gasteiger partial charge in [0.15, 0.2) is 0 Å². The molecule has 0 aliphatic heterocycles. The summed E-state index contributed by atoms with van der Waals surface area (Å²) in [5.74, 6) is 0. The van der Waals surface area contributed by atoms with Crippen molar-refractivity contribution in [1.29, 1.82) is 0 Å². The van der Waals surface area contributed by atoms with E-state index in [9.17, 15) is 0 Å². The Balaban J connectivity index is 2.35. The van der Waals surface area contributed by atoms with Crippen molar-refractivity contribution in [3.63, 3.8) is 0 Å². The van der Waals surface area contributed by atoms with Crippen molar-refractivity contribution in [3.8, 4) is 0 Å². The van der Waals surface area contributed by atoms with Crippen molar-refractivity contribution in [1.82, 2.24) is 0 Å². The van der Waals surface area contributed by atoms with Crippen LogP contribution in [0.15, 0.2) is 15.9 Å². The van der Waals surface area contributed by atoms with Crippen molar-refractivity contribution >= 4 is 32.3 Å². The Morgan fingerprint density at radius 2 is 2.31 bits per heavy atom. The fourth-order valence-corrected chi connectivity index (χ4v) is 2.49. The molecule has 0 aromatic carbocycles. The molecule has 1 rings (SSSR count). The molecule has 0 saturated carbocycles. The Morgan fingerprint density at radius 3 is 2.85 bits per heavy atom. The van der Waals surface area contributed by atoms with E-state index in [0.29, 0.717) is 6.61 Å². The molecular weight excluding hydrogens is 250 g/mol. The lowest BCUT2D eigenvalue weighted by Gasteiger charge is -2.15. The normalized spacial score (nSPS) is 10.4. The van der Waals surface area contributed by atoms with E-state index in [1.54, 1.807) is 11.3 Å². The largest absolute Gasteiger partial charge is 0.396 e. The second-order valence-corrected chi connectivity index (χ2v) is 4.76. The summed E-state index contributed by atoms with van der Waals surface area (Å²) in [6.45, 7) is 1.30. The molecule has 0 bridgehead atoms. The van der Waals surface area contributed by atoms with Crippen molar-refractivity contribution in [3.05, 3.63) is 15.9 Å². The number of aliphatic hydroxyl groups is 1. The molecule has 0 amide bonds. The highest BCUT2D eigenvalue weighted by Crippen LogP contribution is 2.27. The molecule has 0 radical (unpaired) electrons. The quantitative estimate of drug-likeness (QED) is 0.826. The predicted octanol–water partition coefficient (Wildman–Crippen LogP) is 2.72. The van der Waals surface area contributed by atoms with Gasteiger partial charge in [0.05, 0.1) is 5.00 Å².